The minimum atomic E-state index is -0.653. The molecule has 7 nitrogen and oxygen atoms in total. The highest BCUT2D eigenvalue weighted by molar-refractivity contribution is 6.00. The topological polar surface area (TPSA) is 75.9 Å². The summed E-state index contributed by atoms with van der Waals surface area (Å²) in [6, 6.07) is 9.54. The summed E-state index contributed by atoms with van der Waals surface area (Å²) >= 11 is 0. The van der Waals surface area contributed by atoms with Crippen LogP contribution in [-0.2, 0) is 4.74 Å². The Bertz CT molecular complexity index is 1140. The van der Waals surface area contributed by atoms with E-state index in [1.165, 1.54) is 12.1 Å². The van der Waals surface area contributed by atoms with Gasteiger partial charge in [-0.3, -0.25) is 4.79 Å². The van der Waals surface area contributed by atoms with Gasteiger partial charge in [-0.2, -0.15) is 0 Å². The molecule has 32 heavy (non-hydrogen) atoms. The molecule has 1 aromatic carbocycles. The number of rotatable bonds is 3. The predicted molar refractivity (Wildman–Crippen MR) is 118 cm³/mol. The lowest BCUT2D eigenvalue weighted by atomic mass is 9.85. The van der Waals surface area contributed by atoms with Crippen molar-refractivity contribution in [2.75, 3.05) is 13.1 Å². The number of imidazole rings is 1. The number of nitrogens with one attached hydrogen (secondary N) is 1. The van der Waals surface area contributed by atoms with E-state index in [4.69, 9.17) is 4.74 Å². The third kappa shape index (κ3) is 4.74. The zero-order valence-electron chi connectivity index (χ0n) is 18.4. The van der Waals surface area contributed by atoms with E-state index in [2.05, 4.69) is 10.3 Å². The number of hydrogen-bond acceptors (Lipinski definition) is 4. The van der Waals surface area contributed by atoms with Gasteiger partial charge in [-0.05, 0) is 57.0 Å². The largest absolute Gasteiger partial charge is 0.444 e. The van der Waals surface area contributed by atoms with Crippen LogP contribution in [0.5, 0.6) is 0 Å². The average molecular weight is 439 g/mol. The predicted octanol–water partition coefficient (Wildman–Crippen LogP) is 4.00. The molecule has 3 aromatic rings. The summed E-state index contributed by atoms with van der Waals surface area (Å²) in [4.78, 5) is 31.7. The molecule has 0 aliphatic carbocycles. The van der Waals surface area contributed by atoms with E-state index < -0.39 is 17.7 Å². The summed E-state index contributed by atoms with van der Waals surface area (Å²) < 4.78 is 21.1. The van der Waals surface area contributed by atoms with Crippen molar-refractivity contribution in [2.24, 2.45) is 0 Å². The van der Waals surface area contributed by atoms with Crippen LogP contribution in [0.3, 0.4) is 0 Å². The van der Waals surface area contributed by atoms with Gasteiger partial charge in [-0.1, -0.05) is 12.1 Å². The van der Waals surface area contributed by atoms with Gasteiger partial charge in [0, 0.05) is 25.2 Å². The molecule has 0 spiro atoms. The summed E-state index contributed by atoms with van der Waals surface area (Å²) in [5.41, 5.74) is 1.41. The monoisotopic (exact) mass is 438 g/mol. The average Bonchev–Trinajstić information content (AvgIpc) is 3.20. The summed E-state index contributed by atoms with van der Waals surface area (Å²) in [7, 11) is 0. The van der Waals surface area contributed by atoms with E-state index in [1.807, 2.05) is 12.3 Å². The molecule has 4 rings (SSSR count). The number of piperidine rings is 1. The molecule has 0 unspecified atom stereocenters. The number of hydrogen-bond donors (Lipinski definition) is 1. The summed E-state index contributed by atoms with van der Waals surface area (Å²) in [6.45, 7) is 6.15. The Kier molecular flexibility index (Phi) is 5.86. The molecule has 3 heterocycles. The first-order chi connectivity index (χ1) is 15.2. The molecular weight excluding hydrogens is 411 g/mol. The maximum absolute atomic E-state index is 13.9. The highest BCUT2D eigenvalue weighted by Crippen LogP contribution is 2.30. The number of nitrogens with zero attached hydrogens (tertiary/aromatic N) is 3. The van der Waals surface area contributed by atoms with E-state index in [0.717, 1.165) is 11.1 Å². The molecule has 1 saturated heterocycles. The normalized spacial score (nSPS) is 19.1. The Morgan fingerprint density at radius 2 is 2.03 bits per heavy atom. The van der Waals surface area contributed by atoms with Crippen LogP contribution in [0.2, 0.25) is 0 Å². The van der Waals surface area contributed by atoms with Crippen molar-refractivity contribution in [1.29, 1.82) is 0 Å². The number of halogens is 1. The smallest absolute Gasteiger partial charge is 0.407 e. The van der Waals surface area contributed by atoms with E-state index in [-0.39, 0.29) is 24.2 Å². The molecule has 2 atom stereocenters. The van der Waals surface area contributed by atoms with Gasteiger partial charge >= 0.3 is 6.09 Å². The van der Waals surface area contributed by atoms with Gasteiger partial charge in [0.2, 0.25) is 0 Å². The number of pyridine rings is 1. The van der Waals surface area contributed by atoms with Crippen molar-refractivity contribution in [3.8, 4) is 0 Å². The Morgan fingerprint density at radius 1 is 1.22 bits per heavy atom. The number of aromatic nitrogens is 2. The molecular formula is C24H27FN4O3. The van der Waals surface area contributed by atoms with Gasteiger partial charge in [0.1, 0.15) is 11.4 Å². The molecule has 2 amide bonds. The zero-order chi connectivity index (χ0) is 22.9. The fourth-order valence-electron chi connectivity index (χ4n) is 4.18. The van der Waals surface area contributed by atoms with Crippen LogP contribution in [0, 0.1) is 5.82 Å². The Morgan fingerprint density at radius 3 is 2.78 bits per heavy atom. The van der Waals surface area contributed by atoms with Crippen molar-refractivity contribution in [2.45, 2.75) is 44.8 Å². The standard InChI is InChI=1S/C24H27FN4O3/c1-24(2,3)32-23(31)27-20-14-28(11-9-18(20)16-6-4-7-17(25)12-16)22(30)19-8-5-10-29-15-26-13-21(19)29/h4-8,10,12-13,15,18,20H,9,11,14H2,1-3H3,(H,27,31)/t18-,20+/m0/s1. The highest BCUT2D eigenvalue weighted by Gasteiger charge is 2.35. The summed E-state index contributed by atoms with van der Waals surface area (Å²) in [6.07, 6.45) is 5.16. The SMILES string of the molecule is CC(C)(C)OC(=O)N[C@@H]1CN(C(=O)c2cccn3cncc23)CC[C@H]1c1cccc(F)c1. The molecule has 0 radical (unpaired) electrons. The Labute approximate surface area is 186 Å². The number of amides is 2. The fraction of sp³-hybridized carbons (Fsp3) is 0.375. The van der Waals surface area contributed by atoms with Crippen molar-refractivity contribution >= 4 is 17.5 Å². The zero-order valence-corrected chi connectivity index (χ0v) is 18.4. The number of carbonyl (C=O) groups excluding carboxylic acids is 2. The first-order valence-electron chi connectivity index (χ1n) is 10.7. The number of likely N-dealkylation sites (tertiary alicyclic amines) is 1. The molecule has 168 valence electrons. The molecule has 1 aliphatic rings. The summed E-state index contributed by atoms with van der Waals surface area (Å²) in [5, 5.41) is 2.92. The molecule has 1 aliphatic heterocycles. The van der Waals surface area contributed by atoms with Crippen molar-refractivity contribution < 1.29 is 18.7 Å². The molecule has 0 bridgehead atoms. The van der Waals surface area contributed by atoms with Gasteiger partial charge in [0.15, 0.2) is 0 Å². The molecule has 2 aromatic heterocycles. The third-order valence-corrected chi connectivity index (χ3v) is 5.56. The Balaban J connectivity index is 1.59. The maximum Gasteiger partial charge on any atom is 0.407 e. The minimum absolute atomic E-state index is 0.134. The van der Waals surface area contributed by atoms with Crippen molar-refractivity contribution in [3.05, 3.63) is 72.1 Å². The number of alkyl carbamates (subject to hydrolysis) is 1. The highest BCUT2D eigenvalue weighted by atomic mass is 19.1. The van der Waals surface area contributed by atoms with Crippen LogP contribution < -0.4 is 5.32 Å². The fourth-order valence-corrected chi connectivity index (χ4v) is 4.18. The summed E-state index contributed by atoms with van der Waals surface area (Å²) in [5.74, 6) is -0.609. The van der Waals surface area contributed by atoms with Crippen LogP contribution in [-0.4, -0.2) is 51.0 Å². The third-order valence-electron chi connectivity index (χ3n) is 5.56. The Hall–Kier alpha value is -3.42. The van der Waals surface area contributed by atoms with Crippen LogP contribution in [0.25, 0.3) is 5.52 Å². The van der Waals surface area contributed by atoms with Gasteiger partial charge in [0.25, 0.3) is 5.91 Å². The van der Waals surface area contributed by atoms with Gasteiger partial charge in [-0.25, -0.2) is 14.2 Å². The first-order valence-corrected chi connectivity index (χ1v) is 10.7. The van der Waals surface area contributed by atoms with E-state index in [0.29, 0.717) is 18.5 Å². The van der Waals surface area contributed by atoms with Gasteiger partial charge in [-0.15, -0.1) is 0 Å². The van der Waals surface area contributed by atoms with Crippen LogP contribution >= 0.6 is 0 Å². The minimum Gasteiger partial charge on any atom is -0.444 e. The van der Waals surface area contributed by atoms with E-state index >= 15 is 0 Å². The number of fused-ring (bicyclic) bond motifs is 1. The van der Waals surface area contributed by atoms with Crippen molar-refractivity contribution in [1.82, 2.24) is 19.6 Å². The van der Waals surface area contributed by atoms with E-state index in [9.17, 15) is 14.0 Å². The van der Waals surface area contributed by atoms with Gasteiger partial charge < -0.3 is 19.4 Å². The van der Waals surface area contributed by atoms with Gasteiger partial charge in [0.05, 0.1) is 29.6 Å². The maximum atomic E-state index is 13.9. The molecule has 1 fully saturated rings. The second kappa shape index (κ2) is 8.61. The lowest BCUT2D eigenvalue weighted by Crippen LogP contribution is -2.54. The van der Waals surface area contributed by atoms with Crippen LogP contribution in [0.1, 0.15) is 49.0 Å². The van der Waals surface area contributed by atoms with Crippen LogP contribution in [0.15, 0.2) is 55.1 Å². The lowest BCUT2D eigenvalue weighted by molar-refractivity contribution is 0.0435. The van der Waals surface area contributed by atoms with Crippen molar-refractivity contribution in [3.63, 3.8) is 0 Å². The lowest BCUT2D eigenvalue weighted by Gasteiger charge is -2.39. The number of benzene rings is 1. The second-order valence-corrected chi connectivity index (χ2v) is 9.06. The second-order valence-electron chi connectivity index (χ2n) is 9.06. The molecule has 8 heteroatoms. The van der Waals surface area contributed by atoms with E-state index in [1.54, 1.807) is 60.8 Å². The van der Waals surface area contributed by atoms with Crippen LogP contribution in [0.4, 0.5) is 9.18 Å². The first kappa shape index (κ1) is 21.8. The molecule has 0 saturated carbocycles. The quantitative estimate of drug-likeness (QED) is 0.671. The molecule has 1 N–H and O–H groups in total. The number of carbonyl (C=O) groups is 2. The number of ether oxygens (including phenoxy) is 1.